The number of benzene rings is 3. The van der Waals surface area contributed by atoms with E-state index in [1.165, 1.54) is 11.1 Å². The van der Waals surface area contributed by atoms with Crippen molar-refractivity contribution in [3.63, 3.8) is 0 Å². The van der Waals surface area contributed by atoms with Crippen LogP contribution in [0.2, 0.25) is 0 Å². The van der Waals surface area contributed by atoms with Crippen LogP contribution in [-0.2, 0) is 0 Å². The van der Waals surface area contributed by atoms with E-state index in [0.717, 1.165) is 29.0 Å². The fraction of sp³-hybridized carbons (Fsp3) is 0.269. The van der Waals surface area contributed by atoms with Gasteiger partial charge >= 0.3 is 6.61 Å². The molecule has 33 heavy (non-hydrogen) atoms. The number of aryl methyl sites for hydroxylation is 1. The first-order valence-corrected chi connectivity index (χ1v) is 11.0. The standard InChI is InChI=1S/C26H25F2N3O2/c1-3-32-24-14-18(11-12-23(24)33-25(27)28)22-15-20(17-8-6-7-16(2)13-17)30-26-29-19-9-4-5-10-21(19)31(22)26/h4-14,20,22,25H,3,15H2,1-2H3,(H,29,30). The van der Waals surface area contributed by atoms with Crippen LogP contribution in [-0.4, -0.2) is 22.8 Å². The van der Waals surface area contributed by atoms with E-state index < -0.39 is 6.61 Å². The Bertz CT molecular complexity index is 1290. The Hall–Kier alpha value is -3.61. The van der Waals surface area contributed by atoms with Crippen molar-refractivity contribution in [1.82, 2.24) is 9.55 Å². The van der Waals surface area contributed by atoms with Gasteiger partial charge in [0.25, 0.3) is 0 Å². The highest BCUT2D eigenvalue weighted by Gasteiger charge is 2.31. The molecule has 0 saturated carbocycles. The van der Waals surface area contributed by atoms with Gasteiger partial charge in [-0.1, -0.05) is 48.0 Å². The number of imidazole rings is 1. The second-order valence-corrected chi connectivity index (χ2v) is 8.17. The van der Waals surface area contributed by atoms with Gasteiger partial charge in [-0.2, -0.15) is 8.78 Å². The molecule has 7 heteroatoms. The molecule has 1 aliphatic rings. The quantitative estimate of drug-likeness (QED) is 0.365. The molecule has 0 amide bonds. The Morgan fingerprint density at radius 1 is 1.03 bits per heavy atom. The van der Waals surface area contributed by atoms with Crippen molar-refractivity contribution in [3.8, 4) is 11.5 Å². The van der Waals surface area contributed by atoms with Gasteiger partial charge in [-0.05, 0) is 55.7 Å². The van der Waals surface area contributed by atoms with Crippen molar-refractivity contribution < 1.29 is 18.3 Å². The molecule has 2 heterocycles. The van der Waals surface area contributed by atoms with Gasteiger partial charge in [0.05, 0.1) is 29.7 Å². The summed E-state index contributed by atoms with van der Waals surface area (Å²) in [5.41, 5.74) is 5.23. The molecule has 4 aromatic rings. The summed E-state index contributed by atoms with van der Waals surface area (Å²) in [6, 6.07) is 21.6. The molecule has 1 aromatic heterocycles. The van der Waals surface area contributed by atoms with Gasteiger partial charge in [0.15, 0.2) is 11.5 Å². The van der Waals surface area contributed by atoms with Crippen LogP contribution in [0.4, 0.5) is 14.7 Å². The number of nitrogens with zero attached hydrogens (tertiary/aromatic N) is 2. The molecule has 2 unspecified atom stereocenters. The van der Waals surface area contributed by atoms with E-state index in [2.05, 4.69) is 45.8 Å². The number of nitrogens with one attached hydrogen (secondary N) is 1. The van der Waals surface area contributed by atoms with E-state index in [-0.39, 0.29) is 17.8 Å². The molecular weight excluding hydrogens is 424 g/mol. The third kappa shape index (κ3) is 4.11. The van der Waals surface area contributed by atoms with Gasteiger partial charge in [-0.15, -0.1) is 0 Å². The molecule has 5 nitrogen and oxygen atoms in total. The normalized spacial score (nSPS) is 17.6. The Morgan fingerprint density at radius 2 is 1.88 bits per heavy atom. The third-order valence-electron chi connectivity index (χ3n) is 5.98. The molecule has 1 aliphatic heterocycles. The topological polar surface area (TPSA) is 48.3 Å². The van der Waals surface area contributed by atoms with Crippen molar-refractivity contribution in [2.24, 2.45) is 0 Å². The Labute approximate surface area is 191 Å². The second kappa shape index (κ2) is 8.73. The Morgan fingerprint density at radius 3 is 2.67 bits per heavy atom. The highest BCUT2D eigenvalue weighted by Crippen LogP contribution is 2.43. The van der Waals surface area contributed by atoms with E-state index >= 15 is 0 Å². The number of para-hydroxylation sites is 2. The predicted molar refractivity (Wildman–Crippen MR) is 124 cm³/mol. The molecule has 0 saturated heterocycles. The largest absolute Gasteiger partial charge is 0.490 e. The van der Waals surface area contributed by atoms with Crippen LogP contribution in [0.25, 0.3) is 11.0 Å². The zero-order valence-electron chi connectivity index (χ0n) is 18.5. The number of alkyl halides is 2. The molecule has 0 spiro atoms. The van der Waals surface area contributed by atoms with Gasteiger partial charge in [-0.3, -0.25) is 0 Å². The number of anilines is 1. The first-order valence-electron chi connectivity index (χ1n) is 11.0. The van der Waals surface area contributed by atoms with E-state index in [9.17, 15) is 8.78 Å². The first-order chi connectivity index (χ1) is 16.0. The summed E-state index contributed by atoms with van der Waals surface area (Å²) in [4.78, 5) is 4.84. The van der Waals surface area contributed by atoms with E-state index in [0.29, 0.717) is 12.4 Å². The maximum atomic E-state index is 12.9. The van der Waals surface area contributed by atoms with Gasteiger partial charge in [-0.25, -0.2) is 4.98 Å². The van der Waals surface area contributed by atoms with E-state index in [4.69, 9.17) is 9.72 Å². The summed E-state index contributed by atoms with van der Waals surface area (Å²) in [5.74, 6) is 1.13. The summed E-state index contributed by atoms with van der Waals surface area (Å²) in [5, 5.41) is 3.60. The molecule has 0 fully saturated rings. The summed E-state index contributed by atoms with van der Waals surface area (Å²) >= 11 is 0. The first kappa shape index (κ1) is 21.2. The highest BCUT2D eigenvalue weighted by atomic mass is 19.3. The van der Waals surface area contributed by atoms with Gasteiger partial charge < -0.3 is 19.4 Å². The lowest BCUT2D eigenvalue weighted by Crippen LogP contribution is -2.27. The maximum absolute atomic E-state index is 12.9. The van der Waals surface area contributed by atoms with Crippen LogP contribution in [0, 0.1) is 6.92 Å². The summed E-state index contributed by atoms with van der Waals surface area (Å²) < 4.78 is 38.3. The van der Waals surface area contributed by atoms with Crippen molar-refractivity contribution in [2.75, 3.05) is 11.9 Å². The predicted octanol–water partition coefficient (Wildman–Crippen LogP) is 6.49. The summed E-state index contributed by atoms with van der Waals surface area (Å²) in [6.07, 6.45) is 0.761. The molecule has 0 aliphatic carbocycles. The van der Waals surface area contributed by atoms with Gasteiger partial charge in [0.1, 0.15) is 0 Å². The lowest BCUT2D eigenvalue weighted by Gasteiger charge is -2.34. The fourth-order valence-electron chi connectivity index (χ4n) is 4.59. The number of aromatic nitrogens is 2. The zero-order valence-corrected chi connectivity index (χ0v) is 18.5. The Balaban J connectivity index is 1.63. The molecule has 170 valence electrons. The van der Waals surface area contributed by atoms with Crippen LogP contribution in [0.1, 0.15) is 42.1 Å². The second-order valence-electron chi connectivity index (χ2n) is 8.17. The number of hydrogen-bond donors (Lipinski definition) is 1. The van der Waals surface area contributed by atoms with Crippen molar-refractivity contribution >= 4 is 17.0 Å². The average molecular weight is 450 g/mol. The average Bonchev–Trinajstić information content (AvgIpc) is 3.18. The Kier molecular flexibility index (Phi) is 5.62. The van der Waals surface area contributed by atoms with E-state index in [1.54, 1.807) is 6.07 Å². The van der Waals surface area contributed by atoms with Crippen LogP contribution >= 0.6 is 0 Å². The van der Waals surface area contributed by atoms with Crippen LogP contribution in [0.3, 0.4) is 0 Å². The van der Waals surface area contributed by atoms with Gasteiger partial charge in [0, 0.05) is 0 Å². The minimum atomic E-state index is -2.91. The lowest BCUT2D eigenvalue weighted by molar-refractivity contribution is -0.0514. The number of ether oxygens (including phenoxy) is 2. The molecular formula is C26H25F2N3O2. The smallest absolute Gasteiger partial charge is 0.387 e. The monoisotopic (exact) mass is 449 g/mol. The van der Waals surface area contributed by atoms with Crippen LogP contribution in [0.15, 0.2) is 66.7 Å². The fourth-order valence-corrected chi connectivity index (χ4v) is 4.59. The minimum absolute atomic E-state index is 0.0375. The number of hydrogen-bond acceptors (Lipinski definition) is 4. The third-order valence-corrected chi connectivity index (χ3v) is 5.98. The molecule has 3 aromatic carbocycles. The maximum Gasteiger partial charge on any atom is 0.387 e. The van der Waals surface area contributed by atoms with Crippen molar-refractivity contribution in [2.45, 2.75) is 39.0 Å². The molecule has 5 rings (SSSR count). The highest BCUT2D eigenvalue weighted by molar-refractivity contribution is 5.79. The molecule has 1 N–H and O–H groups in total. The summed E-state index contributed by atoms with van der Waals surface area (Å²) in [7, 11) is 0. The van der Waals surface area contributed by atoms with Crippen molar-refractivity contribution in [1.29, 1.82) is 0 Å². The summed E-state index contributed by atoms with van der Waals surface area (Å²) in [6.45, 7) is 1.33. The lowest BCUT2D eigenvalue weighted by atomic mass is 9.92. The number of fused-ring (bicyclic) bond motifs is 3. The molecule has 0 radical (unpaired) electrons. The van der Waals surface area contributed by atoms with Gasteiger partial charge in [0.2, 0.25) is 5.95 Å². The SMILES string of the molecule is CCOc1cc(C2CC(c3cccc(C)c3)Nc3nc4ccccc4n32)ccc1OC(F)F. The zero-order chi connectivity index (χ0) is 22.9. The minimum Gasteiger partial charge on any atom is -0.490 e. The number of rotatable bonds is 6. The van der Waals surface area contributed by atoms with E-state index in [1.807, 2.05) is 43.3 Å². The number of halogens is 2. The van der Waals surface area contributed by atoms with Crippen LogP contribution < -0.4 is 14.8 Å². The molecule has 2 atom stereocenters. The van der Waals surface area contributed by atoms with Crippen LogP contribution in [0.5, 0.6) is 11.5 Å². The van der Waals surface area contributed by atoms with Crippen molar-refractivity contribution in [3.05, 3.63) is 83.4 Å². The molecule has 0 bridgehead atoms.